The molecule has 0 aliphatic heterocycles. The van der Waals surface area contributed by atoms with Crippen molar-refractivity contribution in [1.29, 1.82) is 0 Å². The predicted molar refractivity (Wildman–Crippen MR) is 124 cm³/mol. The number of amides is 1. The molecule has 0 unspecified atom stereocenters. The van der Waals surface area contributed by atoms with E-state index in [-0.39, 0.29) is 5.91 Å². The lowest BCUT2D eigenvalue weighted by Gasteiger charge is -2.21. The molecule has 0 radical (unpaired) electrons. The van der Waals surface area contributed by atoms with Crippen LogP contribution in [-0.2, 0) is 4.79 Å². The molecule has 3 rings (SSSR count). The first-order valence-electron chi connectivity index (χ1n) is 9.47. The molecule has 2 aromatic carbocycles. The lowest BCUT2D eigenvalue weighted by molar-refractivity contribution is -0.116. The van der Waals surface area contributed by atoms with Gasteiger partial charge in [-0.15, -0.1) is 11.8 Å². The van der Waals surface area contributed by atoms with Crippen LogP contribution in [-0.4, -0.2) is 55.8 Å². The number of thiazole rings is 1. The average molecular weight is 430 g/mol. The molecule has 1 aromatic heterocycles. The lowest BCUT2D eigenvalue weighted by atomic mass is 10.1. The Morgan fingerprint density at radius 1 is 1.10 bits per heavy atom. The summed E-state index contributed by atoms with van der Waals surface area (Å²) in [5.74, 6) is 1.25. The summed E-state index contributed by atoms with van der Waals surface area (Å²) in [5, 5.41) is 0.771. The smallest absolute Gasteiger partial charge is 0.239 e. The number of likely N-dealkylation sites (N-methyl/N-ethyl adjacent to an activating group) is 1. The number of hydrogen-bond donors (Lipinski definition) is 0. The van der Waals surface area contributed by atoms with Gasteiger partial charge in [0, 0.05) is 18.0 Å². The Labute approximate surface area is 180 Å². The van der Waals surface area contributed by atoms with E-state index in [1.54, 1.807) is 18.4 Å². The fourth-order valence-corrected chi connectivity index (χ4v) is 4.67. The number of nitrogens with zero attached hydrogens (tertiary/aromatic N) is 3. The van der Waals surface area contributed by atoms with Crippen molar-refractivity contribution in [3.63, 3.8) is 0 Å². The van der Waals surface area contributed by atoms with Crippen LogP contribution in [0.25, 0.3) is 10.2 Å². The summed E-state index contributed by atoms with van der Waals surface area (Å²) in [6.07, 6.45) is 0. The van der Waals surface area contributed by atoms with Gasteiger partial charge >= 0.3 is 0 Å². The Kier molecular flexibility index (Phi) is 7.16. The van der Waals surface area contributed by atoms with Gasteiger partial charge in [-0.3, -0.25) is 9.69 Å². The molecular weight excluding hydrogens is 402 g/mol. The molecule has 0 fully saturated rings. The molecule has 3 aromatic rings. The van der Waals surface area contributed by atoms with Crippen molar-refractivity contribution < 1.29 is 9.53 Å². The van der Waals surface area contributed by atoms with E-state index in [9.17, 15) is 4.79 Å². The zero-order valence-corrected chi connectivity index (χ0v) is 19.2. The van der Waals surface area contributed by atoms with Gasteiger partial charge in [-0.1, -0.05) is 11.3 Å². The van der Waals surface area contributed by atoms with Crippen LogP contribution in [0.3, 0.4) is 0 Å². The van der Waals surface area contributed by atoms with Gasteiger partial charge in [-0.2, -0.15) is 0 Å². The van der Waals surface area contributed by atoms with E-state index in [2.05, 4.69) is 30.9 Å². The number of fused-ring (bicyclic) bond motifs is 1. The fraction of sp³-hybridized carbons (Fsp3) is 0.364. The Morgan fingerprint density at radius 3 is 2.45 bits per heavy atom. The van der Waals surface area contributed by atoms with Crippen LogP contribution in [0.2, 0.25) is 0 Å². The van der Waals surface area contributed by atoms with Crippen molar-refractivity contribution in [2.45, 2.75) is 18.7 Å². The number of hydrogen-bond acceptors (Lipinski definition) is 6. The largest absolute Gasteiger partial charge is 0.497 e. The highest BCUT2D eigenvalue weighted by Gasteiger charge is 2.20. The van der Waals surface area contributed by atoms with Gasteiger partial charge in [0.25, 0.3) is 0 Å². The zero-order valence-electron chi connectivity index (χ0n) is 17.6. The Morgan fingerprint density at radius 2 is 1.79 bits per heavy atom. The maximum Gasteiger partial charge on any atom is 0.239 e. The minimum Gasteiger partial charge on any atom is -0.497 e. The standard InChI is InChI=1S/C22H27N3O2S2/c1-15-12-19-20(13-16(15)2)29-22(23-19)25(11-10-24(3)4)21(26)14-28-18-8-6-17(27-5)7-9-18/h6-9,12-13H,10-11,14H2,1-5H3. The van der Waals surface area contributed by atoms with Crippen molar-refractivity contribution in [1.82, 2.24) is 9.88 Å². The van der Waals surface area contributed by atoms with E-state index in [1.807, 2.05) is 43.3 Å². The number of carbonyl (C=O) groups is 1. The average Bonchev–Trinajstić information content (AvgIpc) is 3.09. The van der Waals surface area contributed by atoms with Gasteiger partial charge < -0.3 is 9.64 Å². The molecule has 29 heavy (non-hydrogen) atoms. The van der Waals surface area contributed by atoms with Crippen molar-refractivity contribution in [3.05, 3.63) is 47.5 Å². The summed E-state index contributed by atoms with van der Waals surface area (Å²) in [4.78, 5) is 22.8. The van der Waals surface area contributed by atoms with Crippen LogP contribution in [0.15, 0.2) is 41.3 Å². The maximum absolute atomic E-state index is 13.1. The van der Waals surface area contributed by atoms with E-state index < -0.39 is 0 Å². The van der Waals surface area contributed by atoms with Gasteiger partial charge in [-0.05, 0) is 75.5 Å². The second-order valence-corrected chi connectivity index (χ2v) is 9.27. The summed E-state index contributed by atoms with van der Waals surface area (Å²) in [5.41, 5.74) is 3.42. The maximum atomic E-state index is 13.1. The number of methoxy groups -OCH3 is 1. The predicted octanol–water partition coefficient (Wildman–Crippen LogP) is 4.61. The molecule has 0 N–H and O–H groups in total. The molecule has 5 nitrogen and oxygen atoms in total. The normalized spacial score (nSPS) is 11.2. The number of aryl methyl sites for hydroxylation is 2. The van der Waals surface area contributed by atoms with E-state index in [1.165, 1.54) is 22.9 Å². The molecule has 0 spiro atoms. The first-order chi connectivity index (χ1) is 13.9. The molecule has 1 amide bonds. The summed E-state index contributed by atoms with van der Waals surface area (Å²) >= 11 is 3.12. The van der Waals surface area contributed by atoms with Gasteiger partial charge in [0.1, 0.15) is 5.75 Å². The highest BCUT2D eigenvalue weighted by molar-refractivity contribution is 8.00. The number of anilines is 1. The number of benzene rings is 2. The van der Waals surface area contributed by atoms with Crippen LogP contribution in [0.5, 0.6) is 5.75 Å². The second kappa shape index (κ2) is 9.61. The Balaban J connectivity index is 1.79. The minimum atomic E-state index is 0.0696. The van der Waals surface area contributed by atoms with E-state index in [4.69, 9.17) is 9.72 Å². The molecule has 0 saturated carbocycles. The third-order valence-corrected chi connectivity index (χ3v) is 6.76. The molecule has 0 aliphatic rings. The highest BCUT2D eigenvalue weighted by Crippen LogP contribution is 2.31. The van der Waals surface area contributed by atoms with Crippen LogP contribution in [0.4, 0.5) is 5.13 Å². The van der Waals surface area contributed by atoms with E-state index in [0.717, 1.165) is 32.5 Å². The third kappa shape index (κ3) is 5.50. The van der Waals surface area contributed by atoms with Crippen LogP contribution < -0.4 is 9.64 Å². The summed E-state index contributed by atoms with van der Waals surface area (Å²) in [7, 11) is 5.68. The van der Waals surface area contributed by atoms with Gasteiger partial charge in [0.15, 0.2) is 5.13 Å². The first kappa shape index (κ1) is 21.6. The first-order valence-corrected chi connectivity index (χ1v) is 11.3. The topological polar surface area (TPSA) is 45.7 Å². The summed E-state index contributed by atoms with van der Waals surface area (Å²) in [6, 6.07) is 12.0. The Bertz CT molecular complexity index is 945. The van der Waals surface area contributed by atoms with Crippen LogP contribution >= 0.6 is 23.1 Å². The van der Waals surface area contributed by atoms with Crippen molar-refractivity contribution in [3.8, 4) is 5.75 Å². The SMILES string of the molecule is COc1ccc(SCC(=O)N(CCN(C)C)c2nc3cc(C)c(C)cc3s2)cc1. The Hall–Kier alpha value is -2.09. The number of aromatic nitrogens is 1. The van der Waals surface area contributed by atoms with Crippen LogP contribution in [0, 0.1) is 13.8 Å². The van der Waals surface area contributed by atoms with Gasteiger partial charge in [-0.25, -0.2) is 4.98 Å². The molecular formula is C22H27N3O2S2. The summed E-state index contributed by atoms with van der Waals surface area (Å²) < 4.78 is 6.31. The molecule has 0 saturated heterocycles. The van der Waals surface area contributed by atoms with Crippen molar-refractivity contribution in [2.24, 2.45) is 0 Å². The molecule has 1 heterocycles. The number of rotatable bonds is 8. The summed E-state index contributed by atoms with van der Waals surface area (Å²) in [6.45, 7) is 5.60. The van der Waals surface area contributed by atoms with Gasteiger partial charge in [0.2, 0.25) is 5.91 Å². The monoisotopic (exact) mass is 429 g/mol. The van der Waals surface area contributed by atoms with E-state index >= 15 is 0 Å². The molecule has 7 heteroatoms. The highest BCUT2D eigenvalue weighted by atomic mass is 32.2. The number of ether oxygens (including phenoxy) is 1. The fourth-order valence-electron chi connectivity index (χ4n) is 2.81. The number of carbonyl (C=O) groups excluding carboxylic acids is 1. The lowest BCUT2D eigenvalue weighted by Crippen LogP contribution is -2.37. The molecule has 0 bridgehead atoms. The molecule has 154 valence electrons. The van der Waals surface area contributed by atoms with Crippen LogP contribution in [0.1, 0.15) is 11.1 Å². The second-order valence-electron chi connectivity index (χ2n) is 7.21. The third-order valence-electron chi connectivity index (χ3n) is 4.72. The number of thioether (sulfide) groups is 1. The van der Waals surface area contributed by atoms with Crippen molar-refractivity contribution in [2.75, 3.05) is 44.9 Å². The molecule has 0 aliphatic carbocycles. The quantitative estimate of drug-likeness (QED) is 0.490. The van der Waals surface area contributed by atoms with E-state index in [0.29, 0.717) is 12.3 Å². The van der Waals surface area contributed by atoms with Gasteiger partial charge in [0.05, 0.1) is 23.1 Å². The minimum absolute atomic E-state index is 0.0696. The van der Waals surface area contributed by atoms with Crippen molar-refractivity contribution >= 4 is 44.4 Å². The zero-order chi connectivity index (χ0) is 21.0. The molecule has 0 atom stereocenters.